The lowest BCUT2D eigenvalue weighted by Gasteiger charge is -2.31. The van der Waals surface area contributed by atoms with Gasteiger partial charge in [-0.05, 0) is 45.8 Å². The summed E-state index contributed by atoms with van der Waals surface area (Å²) in [5.74, 6) is 3.21. The standard InChI is InChI=1S/C16H26N6O/c1-13-17-6-11-22(13)8-3-7-21-9-4-14(5-10-21)16-19-18-15(12-23)20(16)2/h6,11,14,23H,3-5,7-10,12H2,1-2H3. The summed E-state index contributed by atoms with van der Waals surface area (Å²) in [6.07, 6.45) is 7.29. The SMILES string of the molecule is Cc1nccn1CCCN1CCC(c2nnc(CO)n2C)CC1. The highest BCUT2D eigenvalue weighted by Gasteiger charge is 2.24. The molecule has 0 spiro atoms. The molecule has 0 amide bonds. The number of aryl methyl sites for hydroxylation is 2. The minimum atomic E-state index is -0.0456. The largest absolute Gasteiger partial charge is 0.388 e. The van der Waals surface area contributed by atoms with Crippen molar-refractivity contribution in [3.05, 3.63) is 29.9 Å². The van der Waals surface area contributed by atoms with Crippen molar-refractivity contribution in [2.24, 2.45) is 7.05 Å². The maximum absolute atomic E-state index is 9.23. The maximum atomic E-state index is 9.23. The molecule has 7 nitrogen and oxygen atoms in total. The van der Waals surface area contributed by atoms with Gasteiger partial charge in [-0.2, -0.15) is 0 Å². The van der Waals surface area contributed by atoms with E-state index < -0.39 is 0 Å². The Morgan fingerprint density at radius 2 is 2.00 bits per heavy atom. The average Bonchev–Trinajstić information content (AvgIpc) is 3.14. The fourth-order valence-electron chi connectivity index (χ4n) is 3.39. The van der Waals surface area contributed by atoms with Crippen molar-refractivity contribution >= 4 is 0 Å². The zero-order chi connectivity index (χ0) is 16.2. The first kappa shape index (κ1) is 16.1. The predicted molar refractivity (Wildman–Crippen MR) is 86.9 cm³/mol. The Hall–Kier alpha value is -1.73. The molecule has 1 N–H and O–H groups in total. The van der Waals surface area contributed by atoms with Crippen molar-refractivity contribution in [3.8, 4) is 0 Å². The Bertz CT molecular complexity index is 626. The van der Waals surface area contributed by atoms with E-state index in [1.54, 1.807) is 0 Å². The van der Waals surface area contributed by atoms with E-state index in [1.807, 2.05) is 30.9 Å². The molecule has 1 aliphatic rings. The number of hydrogen-bond acceptors (Lipinski definition) is 5. The number of piperidine rings is 1. The number of rotatable bonds is 6. The third-order valence-corrected chi connectivity index (χ3v) is 4.89. The van der Waals surface area contributed by atoms with Crippen molar-refractivity contribution in [2.45, 2.75) is 45.3 Å². The lowest BCUT2D eigenvalue weighted by Crippen LogP contribution is -2.34. The zero-order valence-electron chi connectivity index (χ0n) is 14.0. The molecule has 2 aromatic heterocycles. The number of nitrogens with zero attached hydrogens (tertiary/aromatic N) is 6. The molecule has 0 aliphatic carbocycles. The van der Waals surface area contributed by atoms with E-state index in [-0.39, 0.29) is 6.61 Å². The highest BCUT2D eigenvalue weighted by atomic mass is 16.3. The normalized spacial score (nSPS) is 17.0. The van der Waals surface area contributed by atoms with Gasteiger partial charge >= 0.3 is 0 Å². The van der Waals surface area contributed by atoms with Gasteiger partial charge in [0.15, 0.2) is 5.82 Å². The first-order valence-corrected chi connectivity index (χ1v) is 8.38. The Labute approximate surface area is 137 Å². The molecular formula is C16H26N6O. The number of imidazole rings is 1. The zero-order valence-corrected chi connectivity index (χ0v) is 14.0. The molecule has 0 saturated carbocycles. The molecule has 0 atom stereocenters. The first-order chi connectivity index (χ1) is 11.2. The Kier molecular flexibility index (Phi) is 5.07. The van der Waals surface area contributed by atoms with Gasteiger partial charge in [0.2, 0.25) is 0 Å². The lowest BCUT2D eigenvalue weighted by atomic mass is 9.96. The second-order valence-corrected chi connectivity index (χ2v) is 6.33. The van der Waals surface area contributed by atoms with Crippen LogP contribution in [0.3, 0.4) is 0 Å². The van der Waals surface area contributed by atoms with Gasteiger partial charge in [-0.1, -0.05) is 0 Å². The van der Waals surface area contributed by atoms with Crippen LogP contribution >= 0.6 is 0 Å². The van der Waals surface area contributed by atoms with Gasteiger partial charge < -0.3 is 19.1 Å². The van der Waals surface area contributed by atoms with E-state index in [1.165, 1.54) is 0 Å². The molecule has 1 saturated heterocycles. The number of hydrogen-bond donors (Lipinski definition) is 1. The summed E-state index contributed by atoms with van der Waals surface area (Å²) in [5, 5.41) is 17.5. The highest BCUT2D eigenvalue weighted by molar-refractivity contribution is 5.02. The lowest BCUT2D eigenvalue weighted by molar-refractivity contribution is 0.202. The predicted octanol–water partition coefficient (Wildman–Crippen LogP) is 1.08. The van der Waals surface area contributed by atoms with Gasteiger partial charge in [0.1, 0.15) is 18.3 Å². The summed E-state index contributed by atoms with van der Waals surface area (Å²) in [6, 6.07) is 0. The van der Waals surface area contributed by atoms with Crippen LogP contribution < -0.4 is 0 Å². The Morgan fingerprint density at radius 1 is 1.22 bits per heavy atom. The van der Waals surface area contributed by atoms with Gasteiger partial charge in [-0.3, -0.25) is 0 Å². The average molecular weight is 318 g/mol. The van der Waals surface area contributed by atoms with E-state index in [2.05, 4.69) is 24.6 Å². The minimum absolute atomic E-state index is 0.0456. The molecule has 1 aliphatic heterocycles. The highest BCUT2D eigenvalue weighted by Crippen LogP contribution is 2.26. The second-order valence-electron chi connectivity index (χ2n) is 6.33. The van der Waals surface area contributed by atoms with Gasteiger partial charge in [0.05, 0.1) is 0 Å². The van der Waals surface area contributed by atoms with Gasteiger partial charge in [-0.25, -0.2) is 4.98 Å². The van der Waals surface area contributed by atoms with Gasteiger partial charge in [0, 0.05) is 31.9 Å². The van der Waals surface area contributed by atoms with Crippen molar-refractivity contribution in [3.63, 3.8) is 0 Å². The molecule has 2 aromatic rings. The van der Waals surface area contributed by atoms with Crippen LogP contribution in [-0.4, -0.2) is 54.0 Å². The topological polar surface area (TPSA) is 72.0 Å². The van der Waals surface area contributed by atoms with Crippen LogP contribution in [0.15, 0.2) is 12.4 Å². The molecule has 0 bridgehead atoms. The van der Waals surface area contributed by atoms with E-state index in [9.17, 15) is 5.11 Å². The summed E-state index contributed by atoms with van der Waals surface area (Å²) in [6.45, 7) is 6.38. The molecule has 3 heterocycles. The first-order valence-electron chi connectivity index (χ1n) is 8.38. The number of likely N-dealkylation sites (tertiary alicyclic amines) is 1. The van der Waals surface area contributed by atoms with E-state index >= 15 is 0 Å². The van der Waals surface area contributed by atoms with Crippen LogP contribution in [0.1, 0.15) is 42.7 Å². The fraction of sp³-hybridized carbons (Fsp3) is 0.688. The van der Waals surface area contributed by atoms with Crippen molar-refractivity contribution < 1.29 is 5.11 Å². The molecule has 126 valence electrons. The molecule has 23 heavy (non-hydrogen) atoms. The third kappa shape index (κ3) is 3.61. The number of aromatic nitrogens is 5. The van der Waals surface area contributed by atoms with E-state index in [0.717, 1.165) is 57.1 Å². The van der Waals surface area contributed by atoms with Crippen molar-refractivity contribution in [2.75, 3.05) is 19.6 Å². The summed E-state index contributed by atoms with van der Waals surface area (Å²) in [5.41, 5.74) is 0. The van der Waals surface area contributed by atoms with Crippen LogP contribution in [0, 0.1) is 6.92 Å². The molecule has 0 radical (unpaired) electrons. The Balaban J connectivity index is 1.45. The van der Waals surface area contributed by atoms with Crippen LogP contribution in [0.4, 0.5) is 0 Å². The third-order valence-electron chi connectivity index (χ3n) is 4.89. The van der Waals surface area contributed by atoms with E-state index in [0.29, 0.717) is 11.7 Å². The van der Waals surface area contributed by atoms with Crippen LogP contribution in [0.2, 0.25) is 0 Å². The minimum Gasteiger partial charge on any atom is -0.388 e. The monoisotopic (exact) mass is 318 g/mol. The van der Waals surface area contributed by atoms with Crippen LogP contribution in [-0.2, 0) is 20.2 Å². The van der Waals surface area contributed by atoms with Gasteiger partial charge in [0.25, 0.3) is 0 Å². The second kappa shape index (κ2) is 7.23. The molecule has 1 fully saturated rings. The maximum Gasteiger partial charge on any atom is 0.158 e. The van der Waals surface area contributed by atoms with Gasteiger partial charge in [-0.15, -0.1) is 10.2 Å². The van der Waals surface area contributed by atoms with Crippen molar-refractivity contribution in [1.29, 1.82) is 0 Å². The van der Waals surface area contributed by atoms with E-state index in [4.69, 9.17) is 0 Å². The number of aliphatic hydroxyl groups excluding tert-OH is 1. The van der Waals surface area contributed by atoms with Crippen LogP contribution in [0.5, 0.6) is 0 Å². The van der Waals surface area contributed by atoms with Crippen LogP contribution in [0.25, 0.3) is 0 Å². The fourth-order valence-corrected chi connectivity index (χ4v) is 3.39. The quantitative estimate of drug-likeness (QED) is 0.863. The molecule has 0 aromatic carbocycles. The molecule has 0 unspecified atom stereocenters. The summed E-state index contributed by atoms with van der Waals surface area (Å²) < 4.78 is 4.16. The smallest absolute Gasteiger partial charge is 0.158 e. The summed E-state index contributed by atoms with van der Waals surface area (Å²) in [7, 11) is 1.95. The molecule has 3 rings (SSSR count). The summed E-state index contributed by atoms with van der Waals surface area (Å²) in [4.78, 5) is 6.79. The van der Waals surface area contributed by atoms with Crippen molar-refractivity contribution in [1.82, 2.24) is 29.2 Å². The molecular weight excluding hydrogens is 292 g/mol. The molecule has 7 heteroatoms. The Morgan fingerprint density at radius 3 is 2.61 bits per heavy atom. The summed E-state index contributed by atoms with van der Waals surface area (Å²) >= 11 is 0. The number of aliphatic hydroxyl groups is 1.